The van der Waals surface area contributed by atoms with E-state index < -0.39 is 0 Å². The van der Waals surface area contributed by atoms with Crippen molar-refractivity contribution >= 4 is 5.91 Å². The molecule has 4 unspecified atom stereocenters. The molecular formula is C26H32N4O2. The predicted molar refractivity (Wildman–Crippen MR) is 125 cm³/mol. The van der Waals surface area contributed by atoms with Gasteiger partial charge in [-0.25, -0.2) is 0 Å². The van der Waals surface area contributed by atoms with Gasteiger partial charge in [-0.3, -0.25) is 15.6 Å². The molecule has 2 aromatic carbocycles. The number of likely N-dealkylation sites (tertiary alicyclic amines) is 1. The molecule has 0 spiro atoms. The molecule has 0 aromatic heterocycles. The van der Waals surface area contributed by atoms with Crippen LogP contribution in [0.5, 0.6) is 11.5 Å². The fraction of sp³-hybridized carbons (Fsp3) is 0.423. The summed E-state index contributed by atoms with van der Waals surface area (Å²) >= 11 is 0. The van der Waals surface area contributed by atoms with Crippen LogP contribution in [-0.2, 0) is 4.79 Å². The van der Waals surface area contributed by atoms with Crippen molar-refractivity contribution in [1.29, 1.82) is 0 Å². The van der Waals surface area contributed by atoms with Crippen molar-refractivity contribution in [3.63, 3.8) is 0 Å². The van der Waals surface area contributed by atoms with Crippen molar-refractivity contribution in [2.75, 3.05) is 19.6 Å². The summed E-state index contributed by atoms with van der Waals surface area (Å²) in [6.07, 6.45) is 4.69. The number of rotatable bonds is 5. The lowest BCUT2D eigenvalue weighted by Gasteiger charge is -2.44. The molecule has 0 aliphatic carbocycles. The average Bonchev–Trinajstić information content (AvgIpc) is 3.33. The van der Waals surface area contributed by atoms with Crippen molar-refractivity contribution in [2.24, 2.45) is 11.8 Å². The molecule has 5 rings (SSSR count). The summed E-state index contributed by atoms with van der Waals surface area (Å²) in [6, 6.07) is 19.4. The molecule has 6 heteroatoms. The van der Waals surface area contributed by atoms with E-state index in [1.165, 1.54) is 11.6 Å². The number of benzene rings is 2. The summed E-state index contributed by atoms with van der Waals surface area (Å²) in [7, 11) is 0. The molecule has 3 saturated heterocycles. The Kier molecular flexibility index (Phi) is 6.26. The molecule has 168 valence electrons. The molecule has 3 N–H and O–H groups in total. The van der Waals surface area contributed by atoms with Gasteiger partial charge in [0, 0.05) is 37.8 Å². The van der Waals surface area contributed by atoms with Gasteiger partial charge in [-0.2, -0.15) is 0 Å². The van der Waals surface area contributed by atoms with E-state index in [9.17, 15) is 4.79 Å². The van der Waals surface area contributed by atoms with Gasteiger partial charge in [0.15, 0.2) is 0 Å². The van der Waals surface area contributed by atoms with E-state index in [2.05, 4.69) is 47.0 Å². The second-order valence-corrected chi connectivity index (χ2v) is 9.15. The average molecular weight is 433 g/mol. The largest absolute Gasteiger partial charge is 0.457 e. The van der Waals surface area contributed by atoms with E-state index in [1.807, 2.05) is 35.2 Å². The van der Waals surface area contributed by atoms with Gasteiger partial charge < -0.3 is 15.0 Å². The molecule has 0 radical (unpaired) electrons. The molecule has 6 nitrogen and oxygen atoms in total. The Morgan fingerprint density at radius 3 is 2.44 bits per heavy atom. The zero-order valence-corrected chi connectivity index (χ0v) is 18.4. The number of nitrogens with one attached hydrogen (secondary N) is 3. The van der Waals surface area contributed by atoms with E-state index in [4.69, 9.17) is 4.74 Å². The van der Waals surface area contributed by atoms with E-state index in [0.717, 1.165) is 50.4 Å². The van der Waals surface area contributed by atoms with Crippen molar-refractivity contribution in [3.8, 4) is 11.5 Å². The van der Waals surface area contributed by atoms with Crippen molar-refractivity contribution < 1.29 is 9.53 Å². The predicted octanol–water partition coefficient (Wildman–Crippen LogP) is 3.40. The molecule has 0 saturated carbocycles. The maximum atomic E-state index is 11.9. The van der Waals surface area contributed by atoms with E-state index >= 15 is 0 Å². The lowest BCUT2D eigenvalue weighted by molar-refractivity contribution is -0.127. The first kappa shape index (κ1) is 21.2. The minimum Gasteiger partial charge on any atom is -0.457 e. The number of hydrogen-bond acceptors (Lipinski definition) is 5. The van der Waals surface area contributed by atoms with Gasteiger partial charge in [-0.1, -0.05) is 36.9 Å². The van der Waals surface area contributed by atoms with E-state index in [1.54, 1.807) is 0 Å². The molecule has 1 amide bonds. The van der Waals surface area contributed by atoms with Crippen LogP contribution in [0.4, 0.5) is 0 Å². The van der Waals surface area contributed by atoms with Gasteiger partial charge in [-0.15, -0.1) is 0 Å². The fourth-order valence-electron chi connectivity index (χ4n) is 5.52. The Hall–Kier alpha value is -2.67. The van der Waals surface area contributed by atoms with Crippen LogP contribution in [0.25, 0.3) is 0 Å². The monoisotopic (exact) mass is 432 g/mol. The third kappa shape index (κ3) is 4.44. The third-order valence-corrected chi connectivity index (χ3v) is 7.26. The number of fused-ring (bicyclic) bond motifs is 1. The number of nitrogens with zero attached hydrogens (tertiary/aromatic N) is 1. The summed E-state index contributed by atoms with van der Waals surface area (Å²) in [5.74, 6) is 2.94. The fourth-order valence-corrected chi connectivity index (χ4v) is 5.52. The minimum absolute atomic E-state index is 0.0556. The zero-order chi connectivity index (χ0) is 21.9. The molecule has 3 aliphatic heterocycles. The summed E-state index contributed by atoms with van der Waals surface area (Å²) in [4.78, 5) is 13.9. The number of ether oxygens (including phenoxy) is 1. The molecule has 3 heterocycles. The van der Waals surface area contributed by atoms with Crippen LogP contribution in [-0.4, -0.2) is 42.5 Å². The summed E-state index contributed by atoms with van der Waals surface area (Å²) in [6.45, 7) is 6.29. The maximum Gasteiger partial charge on any atom is 0.245 e. The number of amides is 1. The summed E-state index contributed by atoms with van der Waals surface area (Å²) < 4.78 is 5.97. The highest BCUT2D eigenvalue weighted by Gasteiger charge is 2.43. The lowest BCUT2D eigenvalue weighted by atomic mass is 9.76. The molecule has 3 aliphatic rings. The first-order chi connectivity index (χ1) is 15.7. The highest BCUT2D eigenvalue weighted by molar-refractivity contribution is 5.87. The molecule has 3 fully saturated rings. The van der Waals surface area contributed by atoms with Crippen LogP contribution in [0.15, 0.2) is 67.3 Å². The number of para-hydroxylation sites is 1. The van der Waals surface area contributed by atoms with Crippen molar-refractivity contribution in [2.45, 2.75) is 37.4 Å². The molecule has 0 bridgehead atoms. The minimum atomic E-state index is 0.0556. The Labute approximate surface area is 190 Å². The summed E-state index contributed by atoms with van der Waals surface area (Å²) in [5, 5.41) is 3.97. The van der Waals surface area contributed by atoms with E-state index in [0.29, 0.717) is 23.9 Å². The van der Waals surface area contributed by atoms with Crippen molar-refractivity contribution in [3.05, 3.63) is 72.8 Å². The molecule has 32 heavy (non-hydrogen) atoms. The maximum absolute atomic E-state index is 11.9. The Morgan fingerprint density at radius 1 is 1.00 bits per heavy atom. The van der Waals surface area contributed by atoms with Crippen LogP contribution >= 0.6 is 0 Å². The van der Waals surface area contributed by atoms with Gasteiger partial charge in [0.1, 0.15) is 11.5 Å². The third-order valence-electron chi connectivity index (χ3n) is 7.26. The highest BCUT2D eigenvalue weighted by atomic mass is 16.5. The Bertz CT molecular complexity index is 925. The van der Waals surface area contributed by atoms with Crippen LogP contribution in [0.2, 0.25) is 0 Å². The zero-order valence-electron chi connectivity index (χ0n) is 18.4. The molecular weight excluding hydrogens is 400 g/mol. The highest BCUT2D eigenvalue weighted by Crippen LogP contribution is 2.37. The first-order valence-electron chi connectivity index (χ1n) is 11.7. The number of piperidine rings is 2. The van der Waals surface area contributed by atoms with Gasteiger partial charge in [-0.05, 0) is 67.0 Å². The number of carbonyl (C=O) groups is 1. The lowest BCUT2D eigenvalue weighted by Crippen LogP contribution is -2.55. The molecule has 2 aromatic rings. The number of hydrazine groups is 1. The van der Waals surface area contributed by atoms with Crippen LogP contribution in [0.1, 0.15) is 30.9 Å². The van der Waals surface area contributed by atoms with Crippen molar-refractivity contribution in [1.82, 2.24) is 21.1 Å². The quantitative estimate of drug-likeness (QED) is 0.632. The van der Waals surface area contributed by atoms with Gasteiger partial charge in [0.25, 0.3) is 0 Å². The SMILES string of the molecule is C=CC(=O)N1CCC(C2CC3CNNC3C(c3ccc(Oc4ccccc4)cc3)N2)CC1. The second kappa shape index (κ2) is 9.45. The van der Waals surface area contributed by atoms with Gasteiger partial charge >= 0.3 is 0 Å². The molecule has 4 atom stereocenters. The Morgan fingerprint density at radius 2 is 1.72 bits per heavy atom. The first-order valence-corrected chi connectivity index (χ1v) is 11.7. The number of hydrogen-bond donors (Lipinski definition) is 3. The number of carbonyl (C=O) groups excluding carboxylic acids is 1. The second-order valence-electron chi connectivity index (χ2n) is 9.15. The smallest absolute Gasteiger partial charge is 0.245 e. The van der Waals surface area contributed by atoms with Crippen LogP contribution in [0.3, 0.4) is 0 Å². The van der Waals surface area contributed by atoms with E-state index in [-0.39, 0.29) is 11.9 Å². The van der Waals surface area contributed by atoms with Gasteiger partial charge in [0.05, 0.1) is 0 Å². The summed E-state index contributed by atoms with van der Waals surface area (Å²) in [5.41, 5.74) is 8.17. The normalized spacial score (nSPS) is 28.2. The standard InChI is InChI=1S/C26H32N4O2/c1-2-24(31)30-14-12-18(13-15-30)23-16-20-17-27-29-26(20)25(28-23)19-8-10-22(11-9-19)32-21-6-4-3-5-7-21/h2-11,18,20,23,25-29H,1,12-17H2. The van der Waals surface area contributed by atoms with Crippen LogP contribution in [0, 0.1) is 11.8 Å². The van der Waals surface area contributed by atoms with Gasteiger partial charge in [0.2, 0.25) is 5.91 Å². The van der Waals surface area contributed by atoms with Crippen LogP contribution < -0.4 is 20.9 Å². The Balaban J connectivity index is 1.27. The topological polar surface area (TPSA) is 65.6 Å².